The molecule has 3 aromatic carbocycles. The molecule has 36 heavy (non-hydrogen) atoms. The average molecular weight is 490 g/mol. The molecule has 3 amide bonds. The van der Waals surface area contributed by atoms with E-state index in [1.807, 2.05) is 42.5 Å². The predicted octanol–water partition coefficient (Wildman–Crippen LogP) is 4.99. The molecular weight excluding hydrogens is 458 g/mol. The van der Waals surface area contributed by atoms with Gasteiger partial charge < -0.3 is 29.7 Å². The number of methoxy groups -OCH3 is 3. The number of urea groups is 1. The van der Waals surface area contributed by atoms with Gasteiger partial charge in [-0.3, -0.25) is 4.79 Å². The molecule has 0 bridgehead atoms. The number of ether oxygens (including phenoxy) is 3. The van der Waals surface area contributed by atoms with E-state index in [9.17, 15) is 9.59 Å². The maximum atomic E-state index is 13.4. The van der Waals surface area contributed by atoms with Gasteiger partial charge in [-0.1, -0.05) is 42.5 Å². The summed E-state index contributed by atoms with van der Waals surface area (Å²) in [5.41, 5.74) is 2.24. The molecule has 0 saturated carbocycles. The number of likely N-dealkylation sites (tertiary alicyclic amines) is 1. The minimum Gasteiger partial charge on any atom is -0.497 e. The SMILES string of the molecule is COc1cc(NC(=O)C2CC(c3ccccc3)CN(C(=O)Nc3ccccc3OC)C2)cc(OC)c1. The number of amides is 3. The minimum atomic E-state index is -0.412. The number of anilines is 2. The number of nitrogens with zero attached hydrogens (tertiary/aromatic N) is 1. The lowest BCUT2D eigenvalue weighted by Crippen LogP contribution is -2.48. The minimum absolute atomic E-state index is 0.0129. The largest absolute Gasteiger partial charge is 0.497 e. The molecule has 8 heteroatoms. The molecule has 0 aromatic heterocycles. The van der Waals surface area contributed by atoms with Crippen LogP contribution in [0.3, 0.4) is 0 Å². The number of nitrogens with one attached hydrogen (secondary N) is 2. The third-order valence-electron chi connectivity index (χ3n) is 6.35. The van der Waals surface area contributed by atoms with Crippen LogP contribution in [-0.2, 0) is 4.79 Å². The van der Waals surface area contributed by atoms with E-state index in [0.717, 1.165) is 5.56 Å². The van der Waals surface area contributed by atoms with Gasteiger partial charge in [0.05, 0.1) is 32.9 Å². The number of benzene rings is 3. The molecule has 0 aliphatic carbocycles. The Kier molecular flexibility index (Phi) is 7.95. The van der Waals surface area contributed by atoms with Gasteiger partial charge in [-0.25, -0.2) is 4.79 Å². The first-order valence-electron chi connectivity index (χ1n) is 11.8. The molecule has 1 saturated heterocycles. The van der Waals surface area contributed by atoms with E-state index >= 15 is 0 Å². The molecular formula is C28H31N3O5. The normalized spacial score (nSPS) is 17.1. The van der Waals surface area contributed by atoms with E-state index in [2.05, 4.69) is 10.6 Å². The second-order valence-electron chi connectivity index (χ2n) is 8.67. The standard InChI is InChI=1S/C28H31N3O5/c1-34-23-14-22(15-24(16-23)35-2)29-27(32)21-13-20(19-9-5-4-6-10-19)17-31(18-21)28(33)30-25-11-7-8-12-26(25)36-3/h4-12,14-16,20-21H,13,17-18H2,1-3H3,(H,29,32)(H,30,33). The number of carbonyl (C=O) groups excluding carboxylic acids is 2. The Bertz CT molecular complexity index is 1180. The summed E-state index contributed by atoms with van der Waals surface area (Å²) in [6.45, 7) is 0.791. The van der Waals surface area contributed by atoms with Crippen molar-refractivity contribution in [2.24, 2.45) is 5.92 Å². The number of para-hydroxylation sites is 2. The highest BCUT2D eigenvalue weighted by Gasteiger charge is 2.35. The van der Waals surface area contributed by atoms with Crippen LogP contribution in [0.4, 0.5) is 16.2 Å². The lowest BCUT2D eigenvalue weighted by Gasteiger charge is -2.37. The summed E-state index contributed by atoms with van der Waals surface area (Å²) < 4.78 is 16.0. The van der Waals surface area contributed by atoms with Crippen molar-refractivity contribution < 1.29 is 23.8 Å². The molecule has 1 heterocycles. The molecule has 8 nitrogen and oxygen atoms in total. The van der Waals surface area contributed by atoms with Gasteiger partial charge in [0.1, 0.15) is 17.2 Å². The fourth-order valence-corrected chi connectivity index (χ4v) is 4.49. The molecule has 0 radical (unpaired) electrons. The fourth-order valence-electron chi connectivity index (χ4n) is 4.49. The highest BCUT2D eigenvalue weighted by molar-refractivity contribution is 5.95. The summed E-state index contributed by atoms with van der Waals surface area (Å²) in [5.74, 6) is 1.16. The summed E-state index contributed by atoms with van der Waals surface area (Å²) in [6, 6.07) is 22.2. The first-order valence-corrected chi connectivity index (χ1v) is 11.8. The monoisotopic (exact) mass is 489 g/mol. The summed E-state index contributed by atoms with van der Waals surface area (Å²) in [4.78, 5) is 28.4. The maximum Gasteiger partial charge on any atom is 0.321 e. The zero-order chi connectivity index (χ0) is 25.5. The average Bonchev–Trinajstić information content (AvgIpc) is 2.93. The number of hydrogen-bond donors (Lipinski definition) is 2. The number of rotatable bonds is 7. The van der Waals surface area contributed by atoms with Gasteiger partial charge in [0.15, 0.2) is 0 Å². The maximum absolute atomic E-state index is 13.4. The predicted molar refractivity (Wildman–Crippen MR) is 139 cm³/mol. The van der Waals surface area contributed by atoms with E-state index in [0.29, 0.717) is 41.6 Å². The zero-order valence-electron chi connectivity index (χ0n) is 20.7. The Labute approximate surface area is 211 Å². The Morgan fingerprint density at radius 2 is 1.47 bits per heavy atom. The third kappa shape index (κ3) is 5.89. The van der Waals surface area contributed by atoms with E-state index in [1.54, 1.807) is 56.6 Å². The number of carbonyl (C=O) groups is 2. The first-order chi connectivity index (χ1) is 17.5. The number of hydrogen-bond acceptors (Lipinski definition) is 5. The molecule has 3 aromatic rings. The highest BCUT2D eigenvalue weighted by Crippen LogP contribution is 2.33. The van der Waals surface area contributed by atoms with E-state index in [4.69, 9.17) is 14.2 Å². The van der Waals surface area contributed by atoms with Gasteiger partial charge in [-0.05, 0) is 24.1 Å². The lowest BCUT2D eigenvalue weighted by atomic mass is 9.84. The molecule has 2 unspecified atom stereocenters. The molecule has 1 aliphatic rings. The molecule has 1 fully saturated rings. The van der Waals surface area contributed by atoms with E-state index in [-0.39, 0.29) is 24.4 Å². The van der Waals surface area contributed by atoms with Gasteiger partial charge in [-0.15, -0.1) is 0 Å². The number of piperidine rings is 1. The van der Waals surface area contributed by atoms with Crippen LogP contribution in [0.2, 0.25) is 0 Å². The third-order valence-corrected chi connectivity index (χ3v) is 6.35. The van der Waals surface area contributed by atoms with Crippen molar-refractivity contribution in [1.29, 1.82) is 0 Å². The molecule has 1 aliphatic heterocycles. The second-order valence-corrected chi connectivity index (χ2v) is 8.67. The van der Waals surface area contributed by atoms with Crippen LogP contribution in [0, 0.1) is 5.92 Å². The van der Waals surface area contributed by atoms with Crippen molar-refractivity contribution in [2.75, 3.05) is 45.1 Å². The summed E-state index contributed by atoms with van der Waals surface area (Å²) in [6.07, 6.45) is 0.620. The van der Waals surface area contributed by atoms with Gasteiger partial charge in [0.2, 0.25) is 5.91 Å². The van der Waals surface area contributed by atoms with Crippen molar-refractivity contribution in [3.63, 3.8) is 0 Å². The van der Waals surface area contributed by atoms with Gasteiger partial charge in [0.25, 0.3) is 0 Å². The van der Waals surface area contributed by atoms with Crippen molar-refractivity contribution in [2.45, 2.75) is 12.3 Å². The van der Waals surface area contributed by atoms with E-state index in [1.165, 1.54) is 0 Å². The van der Waals surface area contributed by atoms with Crippen molar-refractivity contribution in [3.8, 4) is 17.2 Å². The lowest BCUT2D eigenvalue weighted by molar-refractivity contribution is -0.121. The topological polar surface area (TPSA) is 89.1 Å². The zero-order valence-corrected chi connectivity index (χ0v) is 20.7. The van der Waals surface area contributed by atoms with E-state index < -0.39 is 5.92 Å². The fraction of sp³-hybridized carbons (Fsp3) is 0.286. The smallest absolute Gasteiger partial charge is 0.321 e. The van der Waals surface area contributed by atoms with Crippen molar-refractivity contribution >= 4 is 23.3 Å². The van der Waals surface area contributed by atoms with Crippen LogP contribution in [0.15, 0.2) is 72.8 Å². The van der Waals surface area contributed by atoms with Gasteiger partial charge >= 0.3 is 6.03 Å². The molecule has 0 spiro atoms. The molecule has 2 N–H and O–H groups in total. The first kappa shape index (κ1) is 24.9. The van der Waals surface area contributed by atoms with Gasteiger partial charge in [0, 0.05) is 42.9 Å². The Morgan fingerprint density at radius 3 is 2.14 bits per heavy atom. The summed E-state index contributed by atoms with van der Waals surface area (Å²) in [7, 11) is 4.68. The summed E-state index contributed by atoms with van der Waals surface area (Å²) >= 11 is 0. The van der Waals surface area contributed by atoms with Crippen LogP contribution in [-0.4, -0.2) is 51.3 Å². The van der Waals surface area contributed by atoms with Crippen LogP contribution >= 0.6 is 0 Å². The van der Waals surface area contributed by atoms with Crippen molar-refractivity contribution in [1.82, 2.24) is 4.90 Å². The van der Waals surface area contributed by atoms with Crippen LogP contribution in [0.1, 0.15) is 17.9 Å². The molecule has 4 rings (SSSR count). The molecule has 188 valence electrons. The van der Waals surface area contributed by atoms with Crippen LogP contribution < -0.4 is 24.8 Å². The summed E-state index contributed by atoms with van der Waals surface area (Å²) in [5, 5.41) is 5.92. The quantitative estimate of drug-likeness (QED) is 0.488. The Balaban J connectivity index is 1.55. The highest BCUT2D eigenvalue weighted by atomic mass is 16.5. The van der Waals surface area contributed by atoms with Crippen molar-refractivity contribution in [3.05, 3.63) is 78.4 Å². The van der Waals surface area contributed by atoms with Gasteiger partial charge in [-0.2, -0.15) is 0 Å². The Morgan fingerprint density at radius 1 is 0.806 bits per heavy atom. The van der Waals surface area contributed by atoms with Crippen LogP contribution in [0.5, 0.6) is 17.2 Å². The Hall–Kier alpha value is -4.20. The second kappa shape index (κ2) is 11.5. The molecule has 2 atom stereocenters. The van der Waals surface area contributed by atoms with Crippen LogP contribution in [0.25, 0.3) is 0 Å².